The lowest BCUT2D eigenvalue weighted by Crippen LogP contribution is -2.35. The summed E-state index contributed by atoms with van der Waals surface area (Å²) < 4.78 is 18.5. The fourth-order valence-electron chi connectivity index (χ4n) is 1.98. The molecule has 2 unspecified atom stereocenters. The number of rotatable bonds is 3. The summed E-state index contributed by atoms with van der Waals surface area (Å²) in [5, 5.41) is 5.77. The number of halogens is 1. The fourth-order valence-corrected chi connectivity index (χ4v) is 1.98. The maximum absolute atomic E-state index is 13.3. The van der Waals surface area contributed by atoms with Gasteiger partial charge in [-0.05, 0) is 31.0 Å². The van der Waals surface area contributed by atoms with Gasteiger partial charge in [0.15, 0.2) is 0 Å². The van der Waals surface area contributed by atoms with Crippen LogP contribution in [0.2, 0.25) is 0 Å². The molecule has 1 heterocycles. The van der Waals surface area contributed by atoms with Crippen LogP contribution in [0.25, 0.3) is 0 Å². The van der Waals surface area contributed by atoms with Crippen molar-refractivity contribution in [3.8, 4) is 0 Å². The normalized spacial score (nSPS) is 23.1. The number of carbonyl (C=O) groups excluding carboxylic acids is 1. The van der Waals surface area contributed by atoms with Gasteiger partial charge < -0.3 is 15.4 Å². The highest BCUT2D eigenvalue weighted by atomic mass is 19.1. The minimum atomic E-state index is -0.318. The second-order valence-electron chi connectivity index (χ2n) is 4.51. The maximum atomic E-state index is 13.3. The molecule has 18 heavy (non-hydrogen) atoms. The number of carbonyl (C=O) groups is 1. The summed E-state index contributed by atoms with van der Waals surface area (Å²) in [6.45, 7) is 2.35. The van der Waals surface area contributed by atoms with Crippen molar-refractivity contribution in [2.24, 2.45) is 0 Å². The van der Waals surface area contributed by atoms with E-state index in [1.54, 1.807) is 26.2 Å². The van der Waals surface area contributed by atoms with Gasteiger partial charge in [0.05, 0.1) is 12.1 Å². The van der Waals surface area contributed by atoms with Crippen LogP contribution >= 0.6 is 0 Å². The summed E-state index contributed by atoms with van der Waals surface area (Å²) in [4.78, 5) is 11.9. The van der Waals surface area contributed by atoms with Crippen molar-refractivity contribution in [1.29, 1.82) is 0 Å². The lowest BCUT2D eigenvalue weighted by molar-refractivity contribution is -0.118. The van der Waals surface area contributed by atoms with Crippen molar-refractivity contribution in [3.05, 3.63) is 29.6 Å². The van der Waals surface area contributed by atoms with Crippen LogP contribution in [0.1, 0.15) is 12.0 Å². The molecule has 0 spiro atoms. The van der Waals surface area contributed by atoms with E-state index in [2.05, 4.69) is 10.6 Å². The minimum Gasteiger partial charge on any atom is -0.380 e. The molecule has 0 radical (unpaired) electrons. The van der Waals surface area contributed by atoms with Gasteiger partial charge in [-0.2, -0.15) is 0 Å². The van der Waals surface area contributed by atoms with E-state index in [0.29, 0.717) is 24.2 Å². The highest BCUT2D eigenvalue weighted by Gasteiger charge is 2.29. The fraction of sp³-hybridized carbons (Fsp3) is 0.462. The quantitative estimate of drug-likeness (QED) is 0.856. The minimum absolute atomic E-state index is 0.0653. The predicted octanol–water partition coefficient (Wildman–Crippen LogP) is 1.45. The number of aryl methyl sites for hydroxylation is 1. The van der Waals surface area contributed by atoms with Gasteiger partial charge in [0.2, 0.25) is 5.91 Å². The molecule has 2 atom stereocenters. The number of amides is 1. The summed E-state index contributed by atoms with van der Waals surface area (Å²) in [5.41, 5.74) is 1.04. The Labute approximate surface area is 106 Å². The van der Waals surface area contributed by atoms with E-state index in [1.807, 2.05) is 0 Å². The number of ether oxygens (including phenoxy) is 1. The van der Waals surface area contributed by atoms with E-state index in [4.69, 9.17) is 4.74 Å². The van der Waals surface area contributed by atoms with E-state index < -0.39 is 0 Å². The van der Waals surface area contributed by atoms with E-state index in [-0.39, 0.29) is 23.9 Å². The second-order valence-corrected chi connectivity index (χ2v) is 4.51. The summed E-state index contributed by atoms with van der Waals surface area (Å²) in [6.07, 6.45) is 0.701. The third-order valence-electron chi connectivity index (χ3n) is 3.18. The second kappa shape index (κ2) is 5.46. The first-order valence-corrected chi connectivity index (χ1v) is 5.93. The predicted molar refractivity (Wildman–Crippen MR) is 67.0 cm³/mol. The average molecular weight is 252 g/mol. The number of nitrogens with one attached hydrogen (secondary N) is 2. The number of hydrogen-bond donors (Lipinski definition) is 2. The van der Waals surface area contributed by atoms with Crippen LogP contribution < -0.4 is 10.6 Å². The molecule has 1 fully saturated rings. The van der Waals surface area contributed by atoms with Crippen LogP contribution in [0.15, 0.2) is 18.2 Å². The van der Waals surface area contributed by atoms with E-state index in [9.17, 15) is 9.18 Å². The molecule has 1 aromatic carbocycles. The Balaban J connectivity index is 1.97. The SMILES string of the molecule is COC1CNC(C(=O)Nc2ccc(C)c(F)c2)C1. The van der Waals surface area contributed by atoms with Gasteiger partial charge in [-0.25, -0.2) is 4.39 Å². The lowest BCUT2D eigenvalue weighted by Gasteiger charge is -2.11. The first-order chi connectivity index (χ1) is 8.60. The number of anilines is 1. The molecule has 2 rings (SSSR count). The lowest BCUT2D eigenvalue weighted by atomic mass is 10.1. The molecule has 0 aliphatic carbocycles. The molecule has 5 heteroatoms. The van der Waals surface area contributed by atoms with Crippen molar-refractivity contribution in [2.75, 3.05) is 19.0 Å². The molecule has 1 aromatic rings. The Hall–Kier alpha value is -1.46. The number of benzene rings is 1. The summed E-state index contributed by atoms with van der Waals surface area (Å²) in [6, 6.07) is 4.39. The van der Waals surface area contributed by atoms with E-state index in [0.717, 1.165) is 0 Å². The van der Waals surface area contributed by atoms with Crippen LogP contribution in [0.3, 0.4) is 0 Å². The summed E-state index contributed by atoms with van der Waals surface area (Å²) in [7, 11) is 1.63. The largest absolute Gasteiger partial charge is 0.380 e. The Morgan fingerprint density at radius 3 is 2.94 bits per heavy atom. The number of hydrogen-bond acceptors (Lipinski definition) is 3. The molecule has 1 aliphatic rings. The Morgan fingerprint density at radius 1 is 1.56 bits per heavy atom. The van der Waals surface area contributed by atoms with Crippen LogP contribution in [0.4, 0.5) is 10.1 Å². The van der Waals surface area contributed by atoms with Crippen LogP contribution in [-0.2, 0) is 9.53 Å². The molecule has 0 saturated carbocycles. The van der Waals surface area contributed by atoms with Crippen molar-refractivity contribution in [2.45, 2.75) is 25.5 Å². The van der Waals surface area contributed by atoms with Gasteiger partial charge in [0.25, 0.3) is 0 Å². The highest BCUT2D eigenvalue weighted by Crippen LogP contribution is 2.16. The van der Waals surface area contributed by atoms with Crippen LogP contribution in [0.5, 0.6) is 0 Å². The van der Waals surface area contributed by atoms with Crippen molar-refractivity contribution in [1.82, 2.24) is 5.32 Å². The first kappa shape index (κ1) is 13.0. The third-order valence-corrected chi connectivity index (χ3v) is 3.18. The molecular formula is C13H17FN2O2. The van der Waals surface area contributed by atoms with Crippen molar-refractivity contribution in [3.63, 3.8) is 0 Å². The van der Waals surface area contributed by atoms with Gasteiger partial charge in [0.1, 0.15) is 5.82 Å². The van der Waals surface area contributed by atoms with E-state index in [1.165, 1.54) is 6.07 Å². The van der Waals surface area contributed by atoms with E-state index >= 15 is 0 Å². The molecular weight excluding hydrogens is 235 g/mol. The summed E-state index contributed by atoms with van der Waals surface area (Å²) >= 11 is 0. The highest BCUT2D eigenvalue weighted by molar-refractivity contribution is 5.95. The van der Waals surface area contributed by atoms with Crippen LogP contribution in [-0.4, -0.2) is 31.7 Å². The van der Waals surface area contributed by atoms with Gasteiger partial charge >= 0.3 is 0 Å². The van der Waals surface area contributed by atoms with Gasteiger partial charge in [-0.1, -0.05) is 6.07 Å². The Bertz CT molecular complexity index is 451. The van der Waals surface area contributed by atoms with Gasteiger partial charge in [-0.3, -0.25) is 4.79 Å². The molecule has 1 aliphatic heterocycles. The molecule has 4 nitrogen and oxygen atoms in total. The summed E-state index contributed by atoms with van der Waals surface area (Å²) in [5.74, 6) is -0.472. The topological polar surface area (TPSA) is 50.4 Å². The standard InChI is InChI=1S/C13H17FN2O2/c1-8-3-4-9(5-11(8)14)16-13(17)12-6-10(18-2)7-15-12/h3-5,10,12,15H,6-7H2,1-2H3,(H,16,17). The zero-order chi connectivity index (χ0) is 13.1. The van der Waals surface area contributed by atoms with Crippen molar-refractivity contribution >= 4 is 11.6 Å². The Kier molecular flexibility index (Phi) is 3.93. The molecule has 0 aromatic heterocycles. The molecule has 2 N–H and O–H groups in total. The van der Waals surface area contributed by atoms with Gasteiger partial charge in [-0.15, -0.1) is 0 Å². The number of methoxy groups -OCH3 is 1. The average Bonchev–Trinajstić information content (AvgIpc) is 2.82. The zero-order valence-corrected chi connectivity index (χ0v) is 10.5. The first-order valence-electron chi connectivity index (χ1n) is 5.93. The molecule has 0 bridgehead atoms. The third kappa shape index (κ3) is 2.86. The molecule has 1 amide bonds. The maximum Gasteiger partial charge on any atom is 0.241 e. The van der Waals surface area contributed by atoms with Crippen molar-refractivity contribution < 1.29 is 13.9 Å². The monoisotopic (exact) mass is 252 g/mol. The molecule has 98 valence electrons. The zero-order valence-electron chi connectivity index (χ0n) is 10.5. The van der Waals surface area contributed by atoms with Crippen LogP contribution in [0, 0.1) is 12.7 Å². The van der Waals surface area contributed by atoms with Gasteiger partial charge in [0, 0.05) is 19.3 Å². The Morgan fingerprint density at radius 2 is 2.33 bits per heavy atom. The molecule has 1 saturated heterocycles. The smallest absolute Gasteiger partial charge is 0.241 e.